The second kappa shape index (κ2) is 7.62. The molecule has 0 aromatic heterocycles. The molecule has 20 heavy (non-hydrogen) atoms. The summed E-state index contributed by atoms with van der Waals surface area (Å²) in [6.07, 6.45) is 7.47. The van der Waals surface area contributed by atoms with Gasteiger partial charge < -0.3 is 14.7 Å². The van der Waals surface area contributed by atoms with E-state index in [0.29, 0.717) is 13.1 Å². The number of amides is 1. The highest BCUT2D eigenvalue weighted by Crippen LogP contribution is 2.26. The normalized spacial score (nSPS) is 23.7. The number of carbonyl (C=O) groups is 2. The van der Waals surface area contributed by atoms with E-state index in [2.05, 4.69) is 0 Å². The largest absolute Gasteiger partial charge is 0.481 e. The molecule has 0 aromatic carbocycles. The third-order valence-corrected chi connectivity index (χ3v) is 4.31. The van der Waals surface area contributed by atoms with E-state index in [9.17, 15) is 9.59 Å². The van der Waals surface area contributed by atoms with Gasteiger partial charge in [-0.15, -0.1) is 0 Å². The molecule has 1 N–H and O–H groups in total. The fourth-order valence-electron chi connectivity index (χ4n) is 3.16. The number of carboxylic acid groups (broad SMARTS) is 1. The summed E-state index contributed by atoms with van der Waals surface area (Å²) in [5.41, 5.74) is 0. The van der Waals surface area contributed by atoms with Gasteiger partial charge in [-0.05, 0) is 25.7 Å². The molecule has 0 unspecified atom stereocenters. The zero-order valence-electron chi connectivity index (χ0n) is 12.1. The van der Waals surface area contributed by atoms with Crippen LogP contribution >= 0.6 is 0 Å². The minimum absolute atomic E-state index is 0.0190. The molecule has 2 fully saturated rings. The van der Waals surface area contributed by atoms with Crippen molar-refractivity contribution in [2.75, 3.05) is 19.7 Å². The first-order valence-corrected chi connectivity index (χ1v) is 7.79. The van der Waals surface area contributed by atoms with Crippen molar-refractivity contribution in [1.82, 2.24) is 4.90 Å². The lowest BCUT2D eigenvalue weighted by Gasteiger charge is -2.30. The highest BCUT2D eigenvalue weighted by molar-refractivity contribution is 5.79. The molecule has 2 aliphatic rings. The van der Waals surface area contributed by atoms with Gasteiger partial charge in [0.25, 0.3) is 0 Å². The lowest BCUT2D eigenvalue weighted by atomic mass is 9.88. The lowest BCUT2D eigenvalue weighted by molar-refractivity contribution is -0.141. The van der Waals surface area contributed by atoms with Gasteiger partial charge in [0.15, 0.2) is 0 Å². The Morgan fingerprint density at radius 1 is 1.10 bits per heavy atom. The molecular weight excluding hydrogens is 258 g/mol. The van der Waals surface area contributed by atoms with E-state index in [0.717, 1.165) is 45.1 Å². The Morgan fingerprint density at radius 2 is 1.85 bits per heavy atom. The van der Waals surface area contributed by atoms with Gasteiger partial charge in [0.2, 0.25) is 5.91 Å². The molecule has 5 nitrogen and oxygen atoms in total. The minimum Gasteiger partial charge on any atom is -0.481 e. The number of nitrogens with zero attached hydrogens (tertiary/aromatic N) is 1. The van der Waals surface area contributed by atoms with E-state index >= 15 is 0 Å². The Hall–Kier alpha value is -1.10. The van der Waals surface area contributed by atoms with Crippen LogP contribution in [0.2, 0.25) is 0 Å². The first-order valence-electron chi connectivity index (χ1n) is 7.79. The maximum absolute atomic E-state index is 12.6. The van der Waals surface area contributed by atoms with Crippen molar-refractivity contribution in [3.8, 4) is 0 Å². The summed E-state index contributed by atoms with van der Waals surface area (Å²) in [5, 5.41) is 8.85. The lowest BCUT2D eigenvalue weighted by Crippen LogP contribution is -2.42. The molecule has 0 spiro atoms. The van der Waals surface area contributed by atoms with Gasteiger partial charge in [-0.1, -0.05) is 19.3 Å². The van der Waals surface area contributed by atoms with Crippen molar-refractivity contribution in [3.05, 3.63) is 0 Å². The first-order chi connectivity index (χ1) is 9.66. The molecule has 1 aliphatic heterocycles. The van der Waals surface area contributed by atoms with Crippen molar-refractivity contribution in [2.45, 2.75) is 57.5 Å². The molecule has 0 aromatic rings. The summed E-state index contributed by atoms with van der Waals surface area (Å²) >= 11 is 0. The molecule has 1 aliphatic carbocycles. The van der Waals surface area contributed by atoms with Gasteiger partial charge >= 0.3 is 5.97 Å². The number of carbonyl (C=O) groups excluding carboxylic acids is 1. The van der Waals surface area contributed by atoms with Crippen LogP contribution in [0.1, 0.15) is 51.4 Å². The van der Waals surface area contributed by atoms with Crippen LogP contribution < -0.4 is 0 Å². The Morgan fingerprint density at radius 3 is 2.45 bits per heavy atom. The number of hydrogen-bond donors (Lipinski definition) is 1. The quantitative estimate of drug-likeness (QED) is 0.810. The fourth-order valence-corrected chi connectivity index (χ4v) is 3.16. The second-order valence-electron chi connectivity index (χ2n) is 5.90. The van der Waals surface area contributed by atoms with Crippen LogP contribution in [-0.2, 0) is 14.3 Å². The summed E-state index contributed by atoms with van der Waals surface area (Å²) < 4.78 is 5.59. The van der Waals surface area contributed by atoms with Crippen LogP contribution in [0.15, 0.2) is 0 Å². The number of aliphatic carboxylic acids is 1. The average molecular weight is 283 g/mol. The SMILES string of the molecule is O=C(O)CCN(C[C@H]1CCCO1)C(=O)C1CCCCC1. The number of carboxylic acids is 1. The van der Waals surface area contributed by atoms with E-state index in [4.69, 9.17) is 9.84 Å². The number of ether oxygens (including phenoxy) is 1. The monoisotopic (exact) mass is 283 g/mol. The molecule has 1 atom stereocenters. The first kappa shape index (κ1) is 15.3. The summed E-state index contributed by atoms with van der Waals surface area (Å²) in [6, 6.07) is 0. The van der Waals surface area contributed by atoms with E-state index in [1.54, 1.807) is 4.90 Å². The predicted molar refractivity (Wildman–Crippen MR) is 74.4 cm³/mol. The molecule has 2 rings (SSSR count). The Bertz CT molecular complexity index is 333. The molecule has 1 saturated carbocycles. The van der Waals surface area contributed by atoms with E-state index in [1.165, 1.54) is 6.42 Å². The van der Waals surface area contributed by atoms with E-state index < -0.39 is 5.97 Å². The maximum Gasteiger partial charge on any atom is 0.305 e. The maximum atomic E-state index is 12.6. The molecular formula is C15H25NO4. The summed E-state index contributed by atoms with van der Waals surface area (Å²) in [6.45, 7) is 1.63. The molecule has 114 valence electrons. The topological polar surface area (TPSA) is 66.8 Å². The average Bonchev–Trinajstić information content (AvgIpc) is 2.96. The minimum atomic E-state index is -0.848. The van der Waals surface area contributed by atoms with Crippen LogP contribution in [0, 0.1) is 5.92 Å². The van der Waals surface area contributed by atoms with Crippen LogP contribution in [0.25, 0.3) is 0 Å². The molecule has 0 bridgehead atoms. The third-order valence-electron chi connectivity index (χ3n) is 4.31. The number of rotatable bonds is 6. The van der Waals surface area contributed by atoms with Crippen molar-refractivity contribution in [2.24, 2.45) is 5.92 Å². The second-order valence-corrected chi connectivity index (χ2v) is 5.90. The molecule has 0 radical (unpaired) electrons. The van der Waals surface area contributed by atoms with Crippen molar-refractivity contribution in [3.63, 3.8) is 0 Å². The summed E-state index contributed by atoms with van der Waals surface area (Å²) in [4.78, 5) is 25.1. The summed E-state index contributed by atoms with van der Waals surface area (Å²) in [5.74, 6) is -0.612. The van der Waals surface area contributed by atoms with E-state index in [-0.39, 0.29) is 24.3 Å². The van der Waals surface area contributed by atoms with Gasteiger partial charge in [0, 0.05) is 25.6 Å². The van der Waals surface area contributed by atoms with Gasteiger partial charge in [0.05, 0.1) is 12.5 Å². The van der Waals surface area contributed by atoms with E-state index in [1.807, 2.05) is 0 Å². The van der Waals surface area contributed by atoms with Crippen LogP contribution in [0.3, 0.4) is 0 Å². The molecule has 5 heteroatoms. The van der Waals surface area contributed by atoms with Gasteiger partial charge in [0.1, 0.15) is 0 Å². The summed E-state index contributed by atoms with van der Waals surface area (Å²) in [7, 11) is 0. The zero-order chi connectivity index (χ0) is 14.4. The molecule has 1 amide bonds. The van der Waals surface area contributed by atoms with Crippen molar-refractivity contribution < 1.29 is 19.4 Å². The standard InChI is InChI=1S/C15H25NO4/c17-14(18)8-9-16(11-13-7-4-10-20-13)15(19)12-5-2-1-3-6-12/h12-13H,1-11H2,(H,17,18)/t13-/m1/s1. The van der Waals surface area contributed by atoms with Crippen molar-refractivity contribution in [1.29, 1.82) is 0 Å². The Labute approximate surface area is 120 Å². The molecule has 1 heterocycles. The highest BCUT2D eigenvalue weighted by Gasteiger charge is 2.29. The third kappa shape index (κ3) is 4.47. The van der Waals surface area contributed by atoms with Crippen LogP contribution in [0.4, 0.5) is 0 Å². The Kier molecular flexibility index (Phi) is 5.83. The van der Waals surface area contributed by atoms with Gasteiger partial charge in [-0.2, -0.15) is 0 Å². The zero-order valence-corrected chi connectivity index (χ0v) is 12.1. The predicted octanol–water partition coefficient (Wildman–Crippen LogP) is 2.05. The highest BCUT2D eigenvalue weighted by atomic mass is 16.5. The fraction of sp³-hybridized carbons (Fsp3) is 0.867. The number of hydrogen-bond acceptors (Lipinski definition) is 3. The van der Waals surface area contributed by atoms with Gasteiger partial charge in [-0.25, -0.2) is 0 Å². The smallest absolute Gasteiger partial charge is 0.305 e. The van der Waals surface area contributed by atoms with Gasteiger partial charge in [-0.3, -0.25) is 9.59 Å². The Balaban J connectivity index is 1.91. The van der Waals surface area contributed by atoms with Crippen LogP contribution in [0.5, 0.6) is 0 Å². The van der Waals surface area contributed by atoms with Crippen LogP contribution in [-0.4, -0.2) is 47.7 Å². The van der Waals surface area contributed by atoms with Crippen molar-refractivity contribution >= 4 is 11.9 Å². The molecule has 1 saturated heterocycles.